The van der Waals surface area contributed by atoms with E-state index in [1.807, 2.05) is 42.5 Å². The molecule has 4 rings (SSSR count). The Labute approximate surface area is 157 Å². The van der Waals surface area contributed by atoms with E-state index >= 15 is 0 Å². The Morgan fingerprint density at radius 1 is 1.04 bits per heavy atom. The average Bonchev–Trinajstić information content (AvgIpc) is 3.26. The van der Waals surface area contributed by atoms with Crippen molar-refractivity contribution in [3.8, 4) is 5.75 Å². The predicted molar refractivity (Wildman–Crippen MR) is 105 cm³/mol. The van der Waals surface area contributed by atoms with E-state index in [0.717, 1.165) is 37.2 Å². The standard InChI is InChI=1S/C17H14N4OS3/c1-22-13-8-4-2-6-11(13)19-16-20-21-17(25-16)23-10-15-18-12-7-3-5-9-14(12)24-15/h2-9H,10H2,1H3,(H,19,20). The van der Waals surface area contributed by atoms with Crippen LogP contribution >= 0.6 is 34.4 Å². The van der Waals surface area contributed by atoms with Crippen LogP contribution in [0.2, 0.25) is 0 Å². The van der Waals surface area contributed by atoms with Crippen LogP contribution in [0, 0.1) is 0 Å². The van der Waals surface area contributed by atoms with Gasteiger partial charge in [0.15, 0.2) is 4.34 Å². The zero-order valence-electron chi connectivity index (χ0n) is 13.3. The number of thioether (sulfide) groups is 1. The normalized spacial score (nSPS) is 10.9. The molecule has 0 unspecified atom stereocenters. The lowest BCUT2D eigenvalue weighted by atomic mass is 10.3. The van der Waals surface area contributed by atoms with E-state index in [0.29, 0.717) is 0 Å². The maximum Gasteiger partial charge on any atom is 0.210 e. The highest BCUT2D eigenvalue weighted by Crippen LogP contribution is 2.33. The first-order valence-electron chi connectivity index (χ1n) is 7.52. The number of para-hydroxylation sites is 3. The van der Waals surface area contributed by atoms with Gasteiger partial charge in [0.25, 0.3) is 0 Å². The molecule has 0 aliphatic rings. The zero-order chi connectivity index (χ0) is 17.1. The number of methoxy groups -OCH3 is 1. The lowest BCUT2D eigenvalue weighted by Crippen LogP contribution is -1.93. The zero-order valence-corrected chi connectivity index (χ0v) is 15.8. The molecule has 0 fully saturated rings. The van der Waals surface area contributed by atoms with Gasteiger partial charge < -0.3 is 10.1 Å². The molecule has 5 nitrogen and oxygen atoms in total. The van der Waals surface area contributed by atoms with Crippen molar-refractivity contribution in [3.05, 3.63) is 53.5 Å². The van der Waals surface area contributed by atoms with Crippen molar-refractivity contribution >= 4 is 55.5 Å². The van der Waals surface area contributed by atoms with Crippen LogP contribution in [0.25, 0.3) is 10.2 Å². The van der Waals surface area contributed by atoms with Gasteiger partial charge in [0, 0.05) is 0 Å². The van der Waals surface area contributed by atoms with E-state index < -0.39 is 0 Å². The van der Waals surface area contributed by atoms with E-state index in [9.17, 15) is 0 Å². The third-order valence-electron chi connectivity index (χ3n) is 3.41. The van der Waals surface area contributed by atoms with Crippen LogP contribution < -0.4 is 10.1 Å². The molecular formula is C17H14N4OS3. The lowest BCUT2D eigenvalue weighted by molar-refractivity contribution is 0.417. The molecule has 2 aromatic carbocycles. The number of rotatable bonds is 6. The maximum absolute atomic E-state index is 5.34. The Morgan fingerprint density at radius 3 is 2.76 bits per heavy atom. The summed E-state index contributed by atoms with van der Waals surface area (Å²) in [4.78, 5) is 4.65. The average molecular weight is 387 g/mol. The SMILES string of the molecule is COc1ccccc1Nc1nnc(SCc2nc3ccccc3s2)s1. The summed E-state index contributed by atoms with van der Waals surface area (Å²) in [5.41, 5.74) is 1.93. The van der Waals surface area contributed by atoms with E-state index in [-0.39, 0.29) is 0 Å². The highest BCUT2D eigenvalue weighted by molar-refractivity contribution is 8.00. The van der Waals surface area contributed by atoms with Crippen molar-refractivity contribution in [3.63, 3.8) is 0 Å². The summed E-state index contributed by atoms with van der Waals surface area (Å²) in [5, 5.41) is 13.5. The molecule has 126 valence electrons. The topological polar surface area (TPSA) is 59.9 Å². The molecule has 8 heteroatoms. The summed E-state index contributed by atoms with van der Waals surface area (Å²) in [7, 11) is 1.65. The van der Waals surface area contributed by atoms with E-state index in [1.54, 1.807) is 30.2 Å². The lowest BCUT2D eigenvalue weighted by Gasteiger charge is -2.07. The van der Waals surface area contributed by atoms with Gasteiger partial charge >= 0.3 is 0 Å². The fourth-order valence-electron chi connectivity index (χ4n) is 2.29. The third kappa shape index (κ3) is 3.76. The summed E-state index contributed by atoms with van der Waals surface area (Å²) < 4.78 is 7.47. The van der Waals surface area contributed by atoms with Gasteiger partial charge in [-0.15, -0.1) is 21.5 Å². The van der Waals surface area contributed by atoms with Crippen LogP contribution in [-0.4, -0.2) is 22.3 Å². The van der Waals surface area contributed by atoms with Crippen LogP contribution in [0.1, 0.15) is 5.01 Å². The summed E-state index contributed by atoms with van der Waals surface area (Å²) in [5.74, 6) is 1.57. The van der Waals surface area contributed by atoms with Gasteiger partial charge in [0.05, 0.1) is 28.8 Å². The van der Waals surface area contributed by atoms with Gasteiger partial charge in [-0.1, -0.05) is 47.4 Å². The Bertz CT molecular complexity index is 965. The fourth-order valence-corrected chi connectivity index (χ4v) is 5.01. The number of nitrogens with one attached hydrogen (secondary N) is 1. The van der Waals surface area contributed by atoms with Crippen molar-refractivity contribution in [1.29, 1.82) is 0 Å². The smallest absolute Gasteiger partial charge is 0.210 e. The molecule has 1 N–H and O–H groups in total. The van der Waals surface area contributed by atoms with Gasteiger partial charge in [-0.2, -0.15) is 0 Å². The molecule has 0 bridgehead atoms. The number of fused-ring (bicyclic) bond motifs is 1. The molecule has 25 heavy (non-hydrogen) atoms. The molecule has 0 saturated heterocycles. The molecule has 0 spiro atoms. The maximum atomic E-state index is 5.34. The number of hydrogen-bond acceptors (Lipinski definition) is 8. The molecule has 4 aromatic rings. The summed E-state index contributed by atoms with van der Waals surface area (Å²) >= 11 is 4.90. The molecule has 0 atom stereocenters. The largest absolute Gasteiger partial charge is 0.495 e. The first kappa shape index (κ1) is 16.3. The predicted octanol–water partition coefficient (Wildman–Crippen LogP) is 5.19. The highest BCUT2D eigenvalue weighted by atomic mass is 32.2. The fraction of sp³-hybridized carbons (Fsp3) is 0.118. The van der Waals surface area contributed by atoms with Crippen LogP contribution in [0.5, 0.6) is 5.75 Å². The number of thiazole rings is 1. The van der Waals surface area contributed by atoms with Crippen molar-refractivity contribution in [1.82, 2.24) is 15.2 Å². The summed E-state index contributed by atoms with van der Waals surface area (Å²) in [6.45, 7) is 0. The quantitative estimate of drug-likeness (QED) is 0.460. The summed E-state index contributed by atoms with van der Waals surface area (Å²) in [6.07, 6.45) is 0. The number of hydrogen-bond donors (Lipinski definition) is 1. The third-order valence-corrected chi connectivity index (χ3v) is 6.61. The number of anilines is 2. The molecule has 0 aliphatic carbocycles. The van der Waals surface area contributed by atoms with Crippen molar-refractivity contribution in [2.24, 2.45) is 0 Å². The molecule has 0 radical (unpaired) electrons. The molecule has 2 aromatic heterocycles. The van der Waals surface area contributed by atoms with Crippen LogP contribution in [-0.2, 0) is 5.75 Å². The van der Waals surface area contributed by atoms with E-state index in [1.165, 1.54) is 16.0 Å². The number of ether oxygens (including phenoxy) is 1. The minimum Gasteiger partial charge on any atom is -0.495 e. The number of benzene rings is 2. The Morgan fingerprint density at radius 2 is 1.88 bits per heavy atom. The van der Waals surface area contributed by atoms with Gasteiger partial charge in [-0.3, -0.25) is 0 Å². The molecule has 0 aliphatic heterocycles. The van der Waals surface area contributed by atoms with E-state index in [2.05, 4.69) is 26.6 Å². The van der Waals surface area contributed by atoms with Crippen molar-refractivity contribution in [2.75, 3.05) is 12.4 Å². The number of aromatic nitrogens is 3. The monoisotopic (exact) mass is 386 g/mol. The van der Waals surface area contributed by atoms with Crippen molar-refractivity contribution < 1.29 is 4.74 Å². The minimum absolute atomic E-state index is 0.747. The Kier molecular flexibility index (Phi) is 4.82. The second-order valence-corrected chi connectivity index (χ2v) is 8.38. The Hall–Kier alpha value is -2.16. The first-order chi connectivity index (χ1) is 12.3. The van der Waals surface area contributed by atoms with Gasteiger partial charge in [-0.25, -0.2) is 4.98 Å². The van der Waals surface area contributed by atoms with E-state index in [4.69, 9.17) is 4.74 Å². The Balaban J connectivity index is 1.42. The summed E-state index contributed by atoms with van der Waals surface area (Å²) in [6, 6.07) is 15.9. The molecule has 0 amide bonds. The molecular weight excluding hydrogens is 372 g/mol. The first-order valence-corrected chi connectivity index (χ1v) is 10.1. The van der Waals surface area contributed by atoms with Crippen LogP contribution in [0.3, 0.4) is 0 Å². The molecule has 2 heterocycles. The molecule has 0 saturated carbocycles. The van der Waals surface area contributed by atoms with Gasteiger partial charge in [0.1, 0.15) is 10.8 Å². The van der Waals surface area contributed by atoms with Gasteiger partial charge in [0.2, 0.25) is 5.13 Å². The minimum atomic E-state index is 0.747. The van der Waals surface area contributed by atoms with Gasteiger partial charge in [-0.05, 0) is 24.3 Å². The second-order valence-electron chi connectivity index (χ2n) is 5.06. The van der Waals surface area contributed by atoms with Crippen LogP contribution in [0.15, 0.2) is 52.9 Å². The second kappa shape index (κ2) is 7.38. The van der Waals surface area contributed by atoms with Crippen molar-refractivity contribution in [2.45, 2.75) is 10.1 Å². The number of nitrogens with zero attached hydrogens (tertiary/aromatic N) is 3. The van der Waals surface area contributed by atoms with Crippen LogP contribution in [0.4, 0.5) is 10.8 Å². The highest BCUT2D eigenvalue weighted by Gasteiger charge is 2.10.